The van der Waals surface area contributed by atoms with Crippen LogP contribution in [0.15, 0.2) is 64.5 Å². The number of nitrogens with zero attached hydrogens (tertiary/aromatic N) is 3. The van der Waals surface area contributed by atoms with E-state index in [1.807, 2.05) is 12.3 Å². The molecule has 0 bridgehead atoms. The third-order valence-electron chi connectivity index (χ3n) is 5.15. The van der Waals surface area contributed by atoms with Gasteiger partial charge in [0.1, 0.15) is 23.3 Å². The smallest absolute Gasteiger partial charge is 0.302 e. The van der Waals surface area contributed by atoms with Crippen molar-refractivity contribution < 1.29 is 22.0 Å². The van der Waals surface area contributed by atoms with Crippen molar-refractivity contribution in [2.75, 3.05) is 6.26 Å². The maximum atomic E-state index is 14.3. The Morgan fingerprint density at radius 1 is 1.09 bits per heavy atom. The van der Waals surface area contributed by atoms with Crippen molar-refractivity contribution in [1.29, 1.82) is 5.26 Å². The van der Waals surface area contributed by atoms with Crippen molar-refractivity contribution in [3.05, 3.63) is 93.4 Å². The van der Waals surface area contributed by atoms with Gasteiger partial charge in [-0.05, 0) is 42.7 Å². The fraction of sp³-hybridized carbons (Fsp3) is 0.125. The molecular weight excluding hydrogens is 505 g/mol. The summed E-state index contributed by atoms with van der Waals surface area (Å²) in [5.41, 5.74) is -3.24. The van der Waals surface area contributed by atoms with Gasteiger partial charge in [-0.3, -0.25) is 4.79 Å². The zero-order valence-corrected chi connectivity index (χ0v) is 19.5. The molecule has 178 valence electrons. The molecule has 35 heavy (non-hydrogen) atoms. The summed E-state index contributed by atoms with van der Waals surface area (Å²) in [6.45, 7) is -0.496. The van der Waals surface area contributed by atoms with Crippen molar-refractivity contribution in [2.24, 2.45) is 0 Å². The van der Waals surface area contributed by atoms with E-state index in [1.165, 1.54) is 17.8 Å². The minimum atomic E-state index is -4.96. The van der Waals surface area contributed by atoms with Gasteiger partial charge in [-0.2, -0.15) is 18.4 Å². The van der Waals surface area contributed by atoms with E-state index < -0.39 is 41.0 Å². The zero-order valence-electron chi connectivity index (χ0n) is 17.9. The Hall–Kier alpha value is -3.49. The van der Waals surface area contributed by atoms with E-state index in [0.717, 1.165) is 38.6 Å². The molecule has 0 N–H and O–H groups in total. The van der Waals surface area contributed by atoms with Crippen LogP contribution in [0.1, 0.15) is 16.7 Å². The number of aromatic nitrogens is 2. The Kier molecular flexibility index (Phi) is 6.78. The van der Waals surface area contributed by atoms with Gasteiger partial charge >= 0.3 is 6.18 Å². The molecule has 0 aliphatic heterocycles. The molecule has 4 nitrogen and oxygen atoms in total. The van der Waals surface area contributed by atoms with Gasteiger partial charge in [0.15, 0.2) is 0 Å². The predicted octanol–water partition coefficient (Wildman–Crippen LogP) is 6.58. The molecule has 0 aliphatic rings. The van der Waals surface area contributed by atoms with Crippen molar-refractivity contribution >= 4 is 23.1 Å². The van der Waals surface area contributed by atoms with Gasteiger partial charge in [-0.1, -0.05) is 6.07 Å². The average Bonchev–Trinajstić information content (AvgIpc) is 3.31. The largest absolute Gasteiger partial charge is 0.417 e. The SMILES string of the molecule is CSc1ccc(-c2ccc(-c3cc(C(F)(F)F)c(C#N)c(=O)n3Cc3ccc(F)cc3F)s2)cn1. The van der Waals surface area contributed by atoms with Crippen LogP contribution < -0.4 is 5.56 Å². The Balaban J connectivity index is 1.91. The number of hydrogen-bond donors (Lipinski definition) is 0. The van der Waals surface area contributed by atoms with Crippen LogP contribution in [0.3, 0.4) is 0 Å². The molecule has 0 aliphatic carbocycles. The maximum absolute atomic E-state index is 14.3. The van der Waals surface area contributed by atoms with Gasteiger partial charge in [-0.25, -0.2) is 13.8 Å². The first-order chi connectivity index (χ1) is 16.6. The van der Waals surface area contributed by atoms with Gasteiger partial charge in [0.2, 0.25) is 0 Å². The van der Waals surface area contributed by atoms with Crippen LogP contribution >= 0.6 is 23.1 Å². The van der Waals surface area contributed by atoms with Gasteiger partial charge < -0.3 is 4.57 Å². The molecule has 0 fully saturated rings. The second-order valence-corrected chi connectivity index (χ2v) is 9.22. The summed E-state index contributed by atoms with van der Waals surface area (Å²) in [7, 11) is 0. The Morgan fingerprint density at radius 3 is 2.43 bits per heavy atom. The Labute approximate surface area is 204 Å². The number of alkyl halides is 3. The molecule has 0 spiro atoms. The summed E-state index contributed by atoms with van der Waals surface area (Å²) in [6, 6.07) is 11.6. The number of nitriles is 1. The van der Waals surface area contributed by atoms with E-state index >= 15 is 0 Å². The molecule has 0 saturated heterocycles. The van der Waals surface area contributed by atoms with E-state index in [4.69, 9.17) is 0 Å². The van der Waals surface area contributed by atoms with E-state index in [1.54, 1.807) is 24.4 Å². The first-order valence-corrected chi connectivity index (χ1v) is 12.0. The summed E-state index contributed by atoms with van der Waals surface area (Å²) in [5.74, 6) is -1.80. The minimum absolute atomic E-state index is 0.118. The summed E-state index contributed by atoms with van der Waals surface area (Å²) >= 11 is 2.57. The molecule has 0 unspecified atom stereocenters. The topological polar surface area (TPSA) is 58.7 Å². The minimum Gasteiger partial charge on any atom is -0.302 e. The number of rotatable bonds is 5. The number of hydrogen-bond acceptors (Lipinski definition) is 5. The lowest BCUT2D eigenvalue weighted by molar-refractivity contribution is -0.137. The third kappa shape index (κ3) is 4.99. The molecule has 0 amide bonds. The molecule has 11 heteroatoms. The van der Waals surface area contributed by atoms with E-state index in [0.29, 0.717) is 21.9 Å². The number of thiophene rings is 1. The van der Waals surface area contributed by atoms with E-state index in [9.17, 15) is 32.0 Å². The molecule has 0 atom stereocenters. The fourth-order valence-corrected chi connectivity index (χ4v) is 4.82. The highest BCUT2D eigenvalue weighted by Gasteiger charge is 2.36. The summed E-state index contributed by atoms with van der Waals surface area (Å²) in [5, 5.41) is 10.1. The van der Waals surface area contributed by atoms with Gasteiger partial charge in [0, 0.05) is 28.3 Å². The van der Waals surface area contributed by atoms with Crippen LogP contribution in [0.25, 0.3) is 21.0 Å². The monoisotopic (exact) mass is 519 g/mol. The maximum Gasteiger partial charge on any atom is 0.417 e. The Bertz CT molecular complexity index is 1500. The van der Waals surface area contributed by atoms with Crippen molar-refractivity contribution in [1.82, 2.24) is 9.55 Å². The quantitative estimate of drug-likeness (QED) is 0.221. The molecule has 3 heterocycles. The van der Waals surface area contributed by atoms with E-state index in [2.05, 4.69) is 4.98 Å². The van der Waals surface area contributed by atoms with Crippen molar-refractivity contribution in [3.8, 4) is 27.1 Å². The van der Waals surface area contributed by atoms with Crippen LogP contribution in [-0.4, -0.2) is 15.8 Å². The summed E-state index contributed by atoms with van der Waals surface area (Å²) in [4.78, 5) is 18.3. The molecule has 4 rings (SSSR count). The molecular formula is C24H14F5N3OS2. The Morgan fingerprint density at radius 2 is 1.83 bits per heavy atom. The van der Waals surface area contributed by atoms with E-state index in [-0.39, 0.29) is 11.3 Å². The van der Waals surface area contributed by atoms with Crippen LogP contribution in [0, 0.1) is 23.0 Å². The normalized spacial score (nSPS) is 11.5. The summed E-state index contributed by atoms with van der Waals surface area (Å²) in [6.07, 6.45) is -1.46. The zero-order chi connectivity index (χ0) is 25.3. The lowest BCUT2D eigenvalue weighted by atomic mass is 10.1. The number of benzene rings is 1. The van der Waals surface area contributed by atoms with Crippen LogP contribution in [0.4, 0.5) is 22.0 Å². The van der Waals surface area contributed by atoms with Crippen LogP contribution in [0.5, 0.6) is 0 Å². The lowest BCUT2D eigenvalue weighted by Gasteiger charge is -2.17. The average molecular weight is 520 g/mol. The van der Waals surface area contributed by atoms with Gasteiger partial charge in [-0.15, -0.1) is 23.1 Å². The third-order valence-corrected chi connectivity index (χ3v) is 6.97. The fourth-order valence-electron chi connectivity index (χ4n) is 3.44. The number of thioether (sulfide) groups is 1. The van der Waals surface area contributed by atoms with Crippen molar-refractivity contribution in [3.63, 3.8) is 0 Å². The van der Waals surface area contributed by atoms with Crippen LogP contribution in [0.2, 0.25) is 0 Å². The highest BCUT2D eigenvalue weighted by molar-refractivity contribution is 7.98. The molecule has 0 radical (unpaired) electrons. The molecule has 3 aromatic heterocycles. The highest BCUT2D eigenvalue weighted by Crippen LogP contribution is 2.38. The highest BCUT2D eigenvalue weighted by atomic mass is 32.2. The van der Waals surface area contributed by atoms with Crippen LogP contribution in [-0.2, 0) is 12.7 Å². The second-order valence-electron chi connectivity index (χ2n) is 7.31. The van der Waals surface area contributed by atoms with Crippen molar-refractivity contribution in [2.45, 2.75) is 17.7 Å². The molecule has 1 aromatic carbocycles. The second kappa shape index (κ2) is 9.64. The first-order valence-electron chi connectivity index (χ1n) is 9.92. The standard InChI is InChI=1S/C24H14F5N3OS2/c1-34-22-7-3-13(11-31-22)20-5-6-21(35-20)19-9-17(24(27,28)29)16(10-30)23(33)32(19)12-14-2-4-15(25)8-18(14)26/h2-9,11H,12H2,1H3. The predicted molar refractivity (Wildman–Crippen MR) is 124 cm³/mol. The first kappa shape index (κ1) is 24.6. The molecule has 0 saturated carbocycles. The number of halogens is 5. The van der Waals surface area contributed by atoms with Gasteiger partial charge in [0.05, 0.1) is 27.7 Å². The summed E-state index contributed by atoms with van der Waals surface area (Å²) < 4.78 is 69.7. The number of pyridine rings is 2. The molecule has 4 aromatic rings. The lowest BCUT2D eigenvalue weighted by Crippen LogP contribution is -2.28. The van der Waals surface area contributed by atoms with Gasteiger partial charge in [0.25, 0.3) is 5.56 Å².